The first kappa shape index (κ1) is 20.3. The molecule has 0 unspecified atom stereocenters. The van der Waals surface area contributed by atoms with Crippen LogP contribution in [0.15, 0.2) is 47.4 Å². The Kier molecular flexibility index (Phi) is 6.40. The van der Waals surface area contributed by atoms with E-state index in [9.17, 15) is 14.8 Å². The summed E-state index contributed by atoms with van der Waals surface area (Å²) in [6.45, 7) is 4.70. The van der Waals surface area contributed by atoms with Gasteiger partial charge in [0.05, 0.1) is 5.39 Å². The maximum atomic E-state index is 12.4. The molecule has 9 heteroatoms. The second-order valence-electron chi connectivity index (χ2n) is 6.64. The number of carbonyl (C=O) groups is 1. The number of hydrogen-bond acceptors (Lipinski definition) is 7. The molecule has 2 aromatic heterocycles. The van der Waals surface area contributed by atoms with Gasteiger partial charge in [-0.05, 0) is 43.4 Å². The molecule has 3 rings (SSSR count). The van der Waals surface area contributed by atoms with Crippen LogP contribution in [0.25, 0.3) is 11.0 Å². The van der Waals surface area contributed by atoms with Gasteiger partial charge in [-0.2, -0.15) is 4.98 Å². The highest BCUT2D eigenvalue weighted by molar-refractivity contribution is 5.94. The van der Waals surface area contributed by atoms with Gasteiger partial charge >= 0.3 is 5.69 Å². The van der Waals surface area contributed by atoms with Crippen LogP contribution in [-0.4, -0.2) is 57.4 Å². The zero-order valence-electron chi connectivity index (χ0n) is 16.4. The van der Waals surface area contributed by atoms with Gasteiger partial charge in [0, 0.05) is 31.4 Å². The first-order valence-corrected chi connectivity index (χ1v) is 9.36. The van der Waals surface area contributed by atoms with Gasteiger partial charge < -0.3 is 20.7 Å². The van der Waals surface area contributed by atoms with E-state index in [1.807, 2.05) is 19.2 Å². The fourth-order valence-corrected chi connectivity index (χ4v) is 2.81. The molecule has 0 saturated carbocycles. The van der Waals surface area contributed by atoms with Crippen molar-refractivity contribution in [2.75, 3.05) is 32.0 Å². The number of anilines is 1. The molecule has 0 fully saturated rings. The van der Waals surface area contributed by atoms with Crippen LogP contribution in [0.4, 0.5) is 5.82 Å². The molecule has 1 amide bonds. The molecule has 0 atom stereocenters. The average molecular weight is 396 g/mol. The predicted octanol–water partition coefficient (Wildman–Crippen LogP) is 1.32. The molecule has 0 aliphatic heterocycles. The molecular weight excluding hydrogens is 372 g/mol. The maximum Gasteiger partial charge on any atom is 0.384 e. The number of aromatic nitrogens is 3. The quantitative estimate of drug-likeness (QED) is 0.492. The molecule has 9 nitrogen and oxygen atoms in total. The minimum Gasteiger partial charge on any atom is -0.422 e. The molecule has 0 aliphatic rings. The Morgan fingerprint density at radius 1 is 1.28 bits per heavy atom. The SMILES string of the molecule is CCN(C)CCNC(=O)c1cccc(CNc2nc(=O)n(O)c3ncccc23)c1. The number of benzene rings is 1. The predicted molar refractivity (Wildman–Crippen MR) is 110 cm³/mol. The van der Waals surface area contributed by atoms with Crippen molar-refractivity contribution in [1.82, 2.24) is 24.9 Å². The summed E-state index contributed by atoms with van der Waals surface area (Å²) in [5.74, 6) is 0.188. The Bertz CT molecular complexity index is 1070. The van der Waals surface area contributed by atoms with Gasteiger partial charge in [0.25, 0.3) is 5.91 Å². The van der Waals surface area contributed by atoms with Crippen LogP contribution in [-0.2, 0) is 6.54 Å². The third-order valence-electron chi connectivity index (χ3n) is 4.60. The van der Waals surface area contributed by atoms with Crippen LogP contribution >= 0.6 is 0 Å². The normalized spacial score (nSPS) is 11.0. The van der Waals surface area contributed by atoms with Crippen molar-refractivity contribution in [2.45, 2.75) is 13.5 Å². The summed E-state index contributed by atoms with van der Waals surface area (Å²) in [5.41, 5.74) is 0.730. The van der Waals surface area contributed by atoms with Crippen molar-refractivity contribution >= 4 is 22.8 Å². The summed E-state index contributed by atoms with van der Waals surface area (Å²) in [4.78, 5) is 34.2. The lowest BCUT2D eigenvalue weighted by Crippen LogP contribution is -2.32. The maximum absolute atomic E-state index is 12.4. The van der Waals surface area contributed by atoms with Crippen molar-refractivity contribution in [3.05, 3.63) is 64.2 Å². The molecule has 3 N–H and O–H groups in total. The first-order chi connectivity index (χ1) is 14.0. The van der Waals surface area contributed by atoms with Gasteiger partial charge in [0.1, 0.15) is 5.82 Å². The minimum atomic E-state index is -0.816. The number of nitrogens with one attached hydrogen (secondary N) is 2. The smallest absolute Gasteiger partial charge is 0.384 e. The Labute approximate surface area is 168 Å². The van der Waals surface area contributed by atoms with Gasteiger partial charge in [-0.3, -0.25) is 4.79 Å². The lowest BCUT2D eigenvalue weighted by molar-refractivity contribution is 0.0950. The highest BCUT2D eigenvalue weighted by Gasteiger charge is 2.11. The standard InChI is InChI=1S/C20H24N6O3/c1-3-25(2)11-10-22-19(27)15-7-4-6-14(12-15)13-23-17-16-8-5-9-21-18(16)26(29)20(28)24-17/h4-9,12,29H,3,10-11,13H2,1-2H3,(H,22,27)(H,23,24,28). The summed E-state index contributed by atoms with van der Waals surface area (Å²) >= 11 is 0. The molecular formula is C20H24N6O3. The highest BCUT2D eigenvalue weighted by atomic mass is 16.5. The number of rotatable bonds is 8. The molecule has 1 aromatic carbocycles. The van der Waals surface area contributed by atoms with Gasteiger partial charge in [-0.15, -0.1) is 4.73 Å². The number of pyridine rings is 1. The van der Waals surface area contributed by atoms with E-state index >= 15 is 0 Å². The van der Waals surface area contributed by atoms with Crippen LogP contribution in [0, 0.1) is 0 Å². The zero-order chi connectivity index (χ0) is 20.8. The summed E-state index contributed by atoms with van der Waals surface area (Å²) < 4.78 is 0.418. The second kappa shape index (κ2) is 9.16. The number of hydrogen-bond donors (Lipinski definition) is 3. The highest BCUT2D eigenvalue weighted by Crippen LogP contribution is 2.17. The largest absolute Gasteiger partial charge is 0.422 e. The third kappa shape index (κ3) is 4.88. The Morgan fingerprint density at radius 3 is 2.90 bits per heavy atom. The molecule has 152 valence electrons. The fraction of sp³-hybridized carbons (Fsp3) is 0.300. The van der Waals surface area contributed by atoms with Gasteiger partial charge in [-0.1, -0.05) is 19.1 Å². The molecule has 0 spiro atoms. The topological polar surface area (TPSA) is 112 Å². The molecule has 0 saturated heterocycles. The van der Waals surface area contributed by atoms with Crippen molar-refractivity contribution in [3.63, 3.8) is 0 Å². The van der Waals surface area contributed by atoms with Crippen molar-refractivity contribution < 1.29 is 10.0 Å². The van der Waals surface area contributed by atoms with E-state index in [-0.39, 0.29) is 11.6 Å². The van der Waals surface area contributed by atoms with Crippen molar-refractivity contribution in [2.24, 2.45) is 0 Å². The van der Waals surface area contributed by atoms with Gasteiger partial charge in [0.15, 0.2) is 5.65 Å². The number of nitrogens with zero attached hydrogens (tertiary/aromatic N) is 4. The molecule has 29 heavy (non-hydrogen) atoms. The van der Waals surface area contributed by atoms with E-state index < -0.39 is 5.69 Å². The van der Waals surface area contributed by atoms with Crippen molar-refractivity contribution in [3.8, 4) is 0 Å². The molecule has 0 aliphatic carbocycles. The Morgan fingerprint density at radius 2 is 2.10 bits per heavy atom. The van der Waals surface area contributed by atoms with E-state index in [2.05, 4.69) is 32.4 Å². The van der Waals surface area contributed by atoms with Gasteiger partial charge in [0.2, 0.25) is 0 Å². The van der Waals surface area contributed by atoms with E-state index in [1.165, 1.54) is 6.20 Å². The van der Waals surface area contributed by atoms with E-state index in [0.717, 1.165) is 18.7 Å². The van der Waals surface area contributed by atoms with Crippen molar-refractivity contribution in [1.29, 1.82) is 0 Å². The molecule has 0 radical (unpaired) electrons. The number of carbonyl (C=O) groups excluding carboxylic acids is 1. The second-order valence-corrected chi connectivity index (χ2v) is 6.64. The van der Waals surface area contributed by atoms with Crippen LogP contribution in [0.2, 0.25) is 0 Å². The van der Waals surface area contributed by atoms with Crippen LogP contribution in [0.5, 0.6) is 0 Å². The summed E-state index contributed by atoms with van der Waals surface area (Å²) in [6.07, 6.45) is 1.48. The number of amides is 1. The Balaban J connectivity index is 1.70. The Hall–Kier alpha value is -3.46. The summed E-state index contributed by atoms with van der Waals surface area (Å²) in [6, 6.07) is 10.6. The minimum absolute atomic E-state index is 0.125. The lowest BCUT2D eigenvalue weighted by Gasteiger charge is -2.14. The molecule has 0 bridgehead atoms. The average Bonchev–Trinajstić information content (AvgIpc) is 2.75. The zero-order valence-corrected chi connectivity index (χ0v) is 16.4. The van der Waals surface area contributed by atoms with E-state index in [1.54, 1.807) is 24.3 Å². The molecule has 2 heterocycles. The number of likely N-dealkylation sites (N-methyl/N-ethyl adjacent to an activating group) is 1. The van der Waals surface area contributed by atoms with E-state index in [4.69, 9.17) is 0 Å². The van der Waals surface area contributed by atoms with Crippen LogP contribution < -0.4 is 16.3 Å². The van der Waals surface area contributed by atoms with E-state index in [0.29, 0.717) is 34.6 Å². The monoisotopic (exact) mass is 396 g/mol. The summed E-state index contributed by atoms with van der Waals surface area (Å²) in [7, 11) is 2.00. The molecule has 3 aromatic rings. The fourth-order valence-electron chi connectivity index (χ4n) is 2.81. The van der Waals surface area contributed by atoms with Crippen LogP contribution in [0.3, 0.4) is 0 Å². The van der Waals surface area contributed by atoms with Gasteiger partial charge in [-0.25, -0.2) is 9.78 Å². The third-order valence-corrected chi connectivity index (χ3v) is 4.60. The summed E-state index contributed by atoms with van der Waals surface area (Å²) in [5, 5.41) is 16.3. The number of fused-ring (bicyclic) bond motifs is 1. The first-order valence-electron chi connectivity index (χ1n) is 9.36. The van der Waals surface area contributed by atoms with Crippen LogP contribution in [0.1, 0.15) is 22.8 Å². The lowest BCUT2D eigenvalue weighted by atomic mass is 10.1.